The van der Waals surface area contributed by atoms with E-state index in [4.69, 9.17) is 21.1 Å². The number of aliphatic hydroxyl groups excluding tert-OH is 1. The summed E-state index contributed by atoms with van der Waals surface area (Å²) in [6.07, 6.45) is 0. The minimum absolute atomic E-state index is 0.0162. The van der Waals surface area contributed by atoms with E-state index < -0.39 is 0 Å². The fraction of sp³-hybridized carbons (Fsp3) is 0.500. The summed E-state index contributed by atoms with van der Waals surface area (Å²) in [6, 6.07) is 1.87. The highest BCUT2D eigenvalue weighted by atomic mass is 35.5. The van der Waals surface area contributed by atoms with E-state index in [2.05, 4.69) is 0 Å². The van der Waals surface area contributed by atoms with Gasteiger partial charge in [-0.15, -0.1) is 0 Å². The van der Waals surface area contributed by atoms with Gasteiger partial charge < -0.3 is 14.6 Å². The molecule has 1 aromatic rings. The van der Waals surface area contributed by atoms with E-state index in [0.717, 1.165) is 11.1 Å². The molecule has 0 amide bonds. The first-order chi connectivity index (χ1) is 7.56. The lowest BCUT2D eigenvalue weighted by Gasteiger charge is -2.19. The minimum atomic E-state index is -0.0862. The van der Waals surface area contributed by atoms with Gasteiger partial charge in [0.15, 0.2) is 0 Å². The Hall–Kier alpha value is -0.930. The normalized spacial score (nSPS) is 12.4. The van der Waals surface area contributed by atoms with Crippen LogP contribution in [0.4, 0.5) is 0 Å². The van der Waals surface area contributed by atoms with Gasteiger partial charge in [-0.3, -0.25) is 0 Å². The molecule has 0 bridgehead atoms. The zero-order valence-electron chi connectivity index (χ0n) is 10.0. The molecule has 1 rings (SSSR count). The van der Waals surface area contributed by atoms with E-state index in [1.54, 1.807) is 14.2 Å². The summed E-state index contributed by atoms with van der Waals surface area (Å²) in [5, 5.41) is 9.73. The summed E-state index contributed by atoms with van der Waals surface area (Å²) in [4.78, 5) is 0. The lowest BCUT2D eigenvalue weighted by molar-refractivity contribution is 0.269. The van der Waals surface area contributed by atoms with Gasteiger partial charge in [-0.25, -0.2) is 0 Å². The molecular weight excluding hydrogens is 228 g/mol. The predicted octanol–water partition coefficient (Wildman–Crippen LogP) is 2.76. The fourth-order valence-corrected chi connectivity index (χ4v) is 2.22. The molecule has 0 radical (unpaired) electrons. The van der Waals surface area contributed by atoms with Crippen molar-refractivity contribution in [3.8, 4) is 11.5 Å². The molecule has 1 atom stereocenters. The Bertz CT molecular complexity index is 377. The third-order valence-corrected chi connectivity index (χ3v) is 2.97. The number of aliphatic hydroxyl groups is 1. The lowest BCUT2D eigenvalue weighted by Crippen LogP contribution is -2.05. The van der Waals surface area contributed by atoms with Crippen LogP contribution >= 0.6 is 11.6 Å². The molecule has 0 aliphatic heterocycles. The first-order valence-electron chi connectivity index (χ1n) is 5.08. The summed E-state index contributed by atoms with van der Waals surface area (Å²) < 4.78 is 10.5. The molecule has 0 saturated heterocycles. The Morgan fingerprint density at radius 3 is 2.44 bits per heavy atom. The van der Waals surface area contributed by atoms with Crippen molar-refractivity contribution in [1.82, 2.24) is 0 Å². The van der Waals surface area contributed by atoms with Crippen molar-refractivity contribution in [2.24, 2.45) is 0 Å². The molecule has 3 nitrogen and oxygen atoms in total. The first kappa shape index (κ1) is 13.1. The van der Waals surface area contributed by atoms with Crippen molar-refractivity contribution in [2.75, 3.05) is 20.8 Å². The van der Waals surface area contributed by atoms with Crippen LogP contribution in [-0.4, -0.2) is 25.9 Å². The monoisotopic (exact) mass is 244 g/mol. The number of aryl methyl sites for hydroxylation is 1. The molecule has 0 aromatic heterocycles. The van der Waals surface area contributed by atoms with Gasteiger partial charge in [0.2, 0.25) is 0 Å². The average Bonchev–Trinajstić information content (AvgIpc) is 2.27. The molecule has 4 heteroatoms. The van der Waals surface area contributed by atoms with Crippen molar-refractivity contribution in [1.29, 1.82) is 0 Å². The molecule has 1 N–H and O–H groups in total. The van der Waals surface area contributed by atoms with Crippen LogP contribution in [0.25, 0.3) is 0 Å². The molecule has 0 aliphatic carbocycles. The maximum absolute atomic E-state index is 9.21. The highest BCUT2D eigenvalue weighted by molar-refractivity contribution is 6.33. The molecule has 1 aromatic carbocycles. The Morgan fingerprint density at radius 2 is 2.00 bits per heavy atom. The smallest absolute Gasteiger partial charge is 0.140 e. The predicted molar refractivity (Wildman–Crippen MR) is 64.8 cm³/mol. The molecule has 0 heterocycles. The highest BCUT2D eigenvalue weighted by Gasteiger charge is 2.20. The summed E-state index contributed by atoms with van der Waals surface area (Å²) >= 11 is 6.26. The Morgan fingerprint density at radius 1 is 1.38 bits per heavy atom. The number of ether oxygens (including phenoxy) is 2. The van der Waals surface area contributed by atoms with Gasteiger partial charge in [0.1, 0.15) is 11.5 Å². The molecule has 1 unspecified atom stereocenters. The Labute approximate surface area is 101 Å². The maximum atomic E-state index is 9.21. The van der Waals surface area contributed by atoms with E-state index in [0.29, 0.717) is 16.5 Å². The van der Waals surface area contributed by atoms with E-state index in [-0.39, 0.29) is 12.5 Å². The second-order valence-electron chi connectivity index (χ2n) is 3.74. The number of rotatable bonds is 4. The standard InChI is InChI=1S/C12H17ClO3/c1-7-5-9(15-3)10(8(2)6-14)11(13)12(7)16-4/h5,8,14H,6H2,1-4H3. The second kappa shape index (κ2) is 5.41. The summed E-state index contributed by atoms with van der Waals surface area (Å²) in [6.45, 7) is 3.81. The third kappa shape index (κ3) is 2.25. The van der Waals surface area contributed by atoms with Crippen LogP contribution in [0.3, 0.4) is 0 Å². The van der Waals surface area contributed by atoms with Crippen molar-refractivity contribution in [3.05, 3.63) is 22.2 Å². The number of benzene rings is 1. The van der Waals surface area contributed by atoms with Crippen LogP contribution in [0.2, 0.25) is 5.02 Å². The van der Waals surface area contributed by atoms with Gasteiger partial charge in [-0.2, -0.15) is 0 Å². The van der Waals surface area contributed by atoms with Crippen molar-refractivity contribution >= 4 is 11.6 Å². The average molecular weight is 245 g/mol. The minimum Gasteiger partial charge on any atom is -0.496 e. The number of hydrogen-bond acceptors (Lipinski definition) is 3. The van der Waals surface area contributed by atoms with Gasteiger partial charge in [0.25, 0.3) is 0 Å². The summed E-state index contributed by atoms with van der Waals surface area (Å²) in [5.41, 5.74) is 1.70. The largest absolute Gasteiger partial charge is 0.496 e. The second-order valence-corrected chi connectivity index (χ2v) is 4.12. The van der Waals surface area contributed by atoms with Crippen molar-refractivity contribution < 1.29 is 14.6 Å². The summed E-state index contributed by atoms with van der Waals surface area (Å²) in [5.74, 6) is 1.24. The SMILES string of the molecule is COc1cc(C)c(OC)c(Cl)c1C(C)CO. The van der Waals surface area contributed by atoms with Crippen LogP contribution in [0.1, 0.15) is 24.0 Å². The molecule has 0 spiro atoms. The number of halogens is 1. The molecule has 90 valence electrons. The molecular formula is C12H17ClO3. The number of hydrogen-bond donors (Lipinski definition) is 1. The van der Waals surface area contributed by atoms with Crippen LogP contribution in [0.15, 0.2) is 6.07 Å². The molecule has 0 aliphatic rings. The van der Waals surface area contributed by atoms with Gasteiger partial charge in [-0.05, 0) is 18.6 Å². The van der Waals surface area contributed by atoms with E-state index >= 15 is 0 Å². The zero-order chi connectivity index (χ0) is 12.3. The van der Waals surface area contributed by atoms with Crippen LogP contribution < -0.4 is 9.47 Å². The Balaban J connectivity index is 3.43. The quantitative estimate of drug-likeness (QED) is 0.885. The van der Waals surface area contributed by atoms with Crippen LogP contribution in [0, 0.1) is 6.92 Å². The van der Waals surface area contributed by atoms with Crippen LogP contribution in [0.5, 0.6) is 11.5 Å². The first-order valence-corrected chi connectivity index (χ1v) is 5.46. The fourth-order valence-electron chi connectivity index (χ4n) is 1.71. The third-order valence-electron chi connectivity index (χ3n) is 2.60. The number of methoxy groups -OCH3 is 2. The summed E-state index contributed by atoms with van der Waals surface area (Å²) in [7, 11) is 3.17. The van der Waals surface area contributed by atoms with Crippen molar-refractivity contribution in [3.63, 3.8) is 0 Å². The van der Waals surface area contributed by atoms with Crippen molar-refractivity contribution in [2.45, 2.75) is 19.8 Å². The lowest BCUT2D eigenvalue weighted by atomic mass is 9.98. The van der Waals surface area contributed by atoms with E-state index in [9.17, 15) is 5.11 Å². The van der Waals surface area contributed by atoms with Gasteiger partial charge in [0, 0.05) is 18.1 Å². The zero-order valence-corrected chi connectivity index (χ0v) is 10.8. The van der Waals surface area contributed by atoms with Gasteiger partial charge in [-0.1, -0.05) is 18.5 Å². The van der Waals surface area contributed by atoms with E-state index in [1.807, 2.05) is 19.9 Å². The van der Waals surface area contributed by atoms with E-state index in [1.165, 1.54) is 0 Å². The highest BCUT2D eigenvalue weighted by Crippen LogP contribution is 2.41. The van der Waals surface area contributed by atoms with Crippen LogP contribution in [-0.2, 0) is 0 Å². The molecule has 0 saturated carbocycles. The maximum Gasteiger partial charge on any atom is 0.140 e. The van der Waals surface area contributed by atoms with Gasteiger partial charge in [0.05, 0.1) is 19.2 Å². The topological polar surface area (TPSA) is 38.7 Å². The molecule has 16 heavy (non-hydrogen) atoms. The Kier molecular flexibility index (Phi) is 4.44. The molecule has 0 fully saturated rings. The van der Waals surface area contributed by atoms with Gasteiger partial charge >= 0.3 is 0 Å².